The van der Waals surface area contributed by atoms with E-state index in [1.54, 1.807) is 0 Å². The predicted octanol–water partition coefficient (Wildman–Crippen LogP) is 7.10. The quantitative estimate of drug-likeness (QED) is 0.211. The van der Waals surface area contributed by atoms with Crippen molar-refractivity contribution in [2.45, 2.75) is 129 Å². The number of ether oxygens (including phenoxy) is 1. The van der Waals surface area contributed by atoms with Crippen LogP contribution in [0.3, 0.4) is 0 Å². The van der Waals surface area contributed by atoms with Crippen LogP contribution in [-0.2, 0) is 14.5 Å². The Bertz CT molecular complexity index is 329. The molecule has 1 aliphatic rings. The summed E-state index contributed by atoms with van der Waals surface area (Å²) in [5.74, 6) is 0. The van der Waals surface area contributed by atoms with E-state index >= 15 is 0 Å². The van der Waals surface area contributed by atoms with Crippen LogP contribution in [0, 0.1) is 0 Å². The molecule has 0 aromatic carbocycles. The van der Waals surface area contributed by atoms with Crippen LogP contribution >= 0.6 is 0 Å². The molecular formula is C21H40O4. The van der Waals surface area contributed by atoms with Crippen LogP contribution in [0.25, 0.3) is 0 Å². The Morgan fingerprint density at radius 1 is 0.880 bits per heavy atom. The Hall–Kier alpha value is -0.770. The van der Waals surface area contributed by atoms with Crippen LogP contribution in [0.5, 0.6) is 0 Å². The van der Waals surface area contributed by atoms with Crippen molar-refractivity contribution in [3.8, 4) is 0 Å². The maximum atomic E-state index is 12.0. The van der Waals surface area contributed by atoms with Crippen molar-refractivity contribution in [1.29, 1.82) is 0 Å². The van der Waals surface area contributed by atoms with Gasteiger partial charge in [-0.3, -0.25) is 4.89 Å². The molecule has 0 N–H and O–H groups in total. The van der Waals surface area contributed by atoms with E-state index in [0.717, 1.165) is 38.5 Å². The molecule has 4 heteroatoms. The van der Waals surface area contributed by atoms with Crippen LogP contribution < -0.4 is 0 Å². The molecule has 0 amide bonds. The highest BCUT2D eigenvalue weighted by molar-refractivity contribution is 5.59. The van der Waals surface area contributed by atoms with Crippen LogP contribution in [0.15, 0.2) is 0 Å². The molecule has 0 bridgehead atoms. The number of rotatable bonds is 7. The summed E-state index contributed by atoms with van der Waals surface area (Å²) in [5, 5.41) is 0. The highest BCUT2D eigenvalue weighted by Gasteiger charge is 2.23. The van der Waals surface area contributed by atoms with E-state index < -0.39 is 11.8 Å². The lowest BCUT2D eigenvalue weighted by Gasteiger charge is -2.23. The minimum Gasteiger partial charge on any atom is -0.429 e. The molecule has 0 radical (unpaired) electrons. The van der Waals surface area contributed by atoms with Gasteiger partial charge in [-0.15, -0.1) is 0 Å². The second-order valence-electron chi connectivity index (χ2n) is 8.13. The Morgan fingerprint density at radius 3 is 1.92 bits per heavy atom. The maximum absolute atomic E-state index is 12.0. The van der Waals surface area contributed by atoms with Crippen molar-refractivity contribution >= 4 is 6.16 Å². The number of hydrogen-bond acceptors (Lipinski definition) is 4. The monoisotopic (exact) mass is 356 g/mol. The fourth-order valence-corrected chi connectivity index (χ4v) is 3.39. The maximum Gasteiger partial charge on any atom is 0.540 e. The molecule has 0 aromatic rings. The topological polar surface area (TPSA) is 44.8 Å². The van der Waals surface area contributed by atoms with E-state index in [-0.39, 0.29) is 6.10 Å². The van der Waals surface area contributed by atoms with Crippen LogP contribution in [-0.4, -0.2) is 17.9 Å². The van der Waals surface area contributed by atoms with E-state index in [9.17, 15) is 4.79 Å². The minimum atomic E-state index is -0.680. The smallest absolute Gasteiger partial charge is 0.429 e. The van der Waals surface area contributed by atoms with Gasteiger partial charge < -0.3 is 4.74 Å². The molecule has 1 rings (SSSR count). The summed E-state index contributed by atoms with van der Waals surface area (Å²) in [4.78, 5) is 22.3. The summed E-state index contributed by atoms with van der Waals surface area (Å²) >= 11 is 0. The molecule has 148 valence electrons. The molecule has 1 aliphatic carbocycles. The Balaban J connectivity index is 2.30. The van der Waals surface area contributed by atoms with E-state index in [1.165, 1.54) is 57.8 Å². The zero-order chi connectivity index (χ0) is 18.4. The molecule has 25 heavy (non-hydrogen) atoms. The second-order valence-corrected chi connectivity index (χ2v) is 8.13. The summed E-state index contributed by atoms with van der Waals surface area (Å²) in [7, 11) is 0. The van der Waals surface area contributed by atoms with Gasteiger partial charge in [-0.25, -0.2) is 4.79 Å². The predicted molar refractivity (Wildman–Crippen MR) is 101 cm³/mol. The third-order valence-electron chi connectivity index (χ3n) is 5.03. The van der Waals surface area contributed by atoms with Crippen LogP contribution in [0.1, 0.15) is 117 Å². The minimum absolute atomic E-state index is 0.0290. The molecule has 0 heterocycles. The highest BCUT2D eigenvalue weighted by Crippen LogP contribution is 2.21. The van der Waals surface area contributed by atoms with E-state index in [0.29, 0.717) is 0 Å². The number of carbonyl (C=O) groups is 1. The average Bonchev–Trinajstić information content (AvgIpc) is 2.56. The van der Waals surface area contributed by atoms with Crippen LogP contribution in [0.2, 0.25) is 0 Å². The molecule has 0 saturated heterocycles. The average molecular weight is 357 g/mol. The van der Waals surface area contributed by atoms with E-state index in [2.05, 4.69) is 6.92 Å². The standard InChI is InChI=1S/C21H40O4/c1-4-5-15-18-21(2,3)25-24-20(22)23-19-16-13-11-9-7-6-8-10-12-14-17-19/h19H,4-18H2,1-3H3. The first-order valence-corrected chi connectivity index (χ1v) is 10.6. The molecular weight excluding hydrogens is 316 g/mol. The molecule has 0 atom stereocenters. The second kappa shape index (κ2) is 13.4. The van der Waals surface area contributed by atoms with Gasteiger partial charge in [0.2, 0.25) is 0 Å². The van der Waals surface area contributed by atoms with Gasteiger partial charge in [0.25, 0.3) is 0 Å². The van der Waals surface area contributed by atoms with E-state index in [4.69, 9.17) is 14.5 Å². The molecule has 1 saturated carbocycles. The first kappa shape index (κ1) is 22.3. The van der Waals surface area contributed by atoms with Crippen molar-refractivity contribution in [3.63, 3.8) is 0 Å². The SMILES string of the molecule is CCCCCC(C)(C)OOC(=O)OC1CCCCCCCCCCC1. The summed E-state index contributed by atoms with van der Waals surface area (Å²) in [5.41, 5.74) is -0.458. The molecule has 1 fully saturated rings. The van der Waals surface area contributed by atoms with Crippen molar-refractivity contribution in [2.24, 2.45) is 0 Å². The first-order valence-electron chi connectivity index (χ1n) is 10.6. The molecule has 4 nitrogen and oxygen atoms in total. The fraction of sp³-hybridized carbons (Fsp3) is 0.952. The summed E-state index contributed by atoms with van der Waals surface area (Å²) < 4.78 is 5.53. The highest BCUT2D eigenvalue weighted by atomic mass is 17.2. The normalized spacial score (nSPS) is 18.8. The van der Waals surface area contributed by atoms with Gasteiger partial charge in [-0.2, -0.15) is 4.89 Å². The van der Waals surface area contributed by atoms with E-state index in [1.807, 2.05) is 13.8 Å². The third-order valence-corrected chi connectivity index (χ3v) is 5.03. The molecule has 0 aromatic heterocycles. The number of carbonyl (C=O) groups excluding carboxylic acids is 1. The molecule has 0 unspecified atom stereocenters. The van der Waals surface area contributed by atoms with Gasteiger partial charge in [0, 0.05) is 0 Å². The third kappa shape index (κ3) is 12.3. The zero-order valence-electron chi connectivity index (χ0n) is 16.8. The zero-order valence-corrected chi connectivity index (χ0v) is 16.8. The summed E-state index contributed by atoms with van der Waals surface area (Å²) in [6.45, 7) is 6.07. The van der Waals surface area contributed by atoms with Gasteiger partial charge >= 0.3 is 6.16 Å². The van der Waals surface area contributed by atoms with Gasteiger partial charge in [0.05, 0.1) is 0 Å². The van der Waals surface area contributed by atoms with Gasteiger partial charge in [-0.05, 0) is 46.0 Å². The van der Waals surface area contributed by atoms with Crippen molar-refractivity contribution in [3.05, 3.63) is 0 Å². The largest absolute Gasteiger partial charge is 0.540 e. The van der Waals surface area contributed by atoms with Crippen LogP contribution in [0.4, 0.5) is 4.79 Å². The fourth-order valence-electron chi connectivity index (χ4n) is 3.39. The molecule has 0 spiro atoms. The van der Waals surface area contributed by atoms with Crippen molar-refractivity contribution in [1.82, 2.24) is 0 Å². The lowest BCUT2D eigenvalue weighted by molar-refractivity contribution is -0.320. The summed E-state index contributed by atoms with van der Waals surface area (Å²) in [6.07, 6.45) is 16.8. The van der Waals surface area contributed by atoms with Gasteiger partial charge in [0.1, 0.15) is 11.7 Å². The Kier molecular flexibility index (Phi) is 12.0. The van der Waals surface area contributed by atoms with Gasteiger partial charge in [-0.1, -0.05) is 71.1 Å². The lowest BCUT2D eigenvalue weighted by atomic mass is 9.99. The molecule has 0 aliphatic heterocycles. The van der Waals surface area contributed by atoms with Gasteiger partial charge in [0.15, 0.2) is 0 Å². The Morgan fingerprint density at radius 2 is 1.40 bits per heavy atom. The first-order chi connectivity index (χ1) is 12.0. The van der Waals surface area contributed by atoms with Crippen molar-refractivity contribution in [2.75, 3.05) is 0 Å². The summed E-state index contributed by atoms with van der Waals surface area (Å²) in [6, 6.07) is 0. The Labute approximate surface area is 154 Å². The van der Waals surface area contributed by atoms with Crippen molar-refractivity contribution < 1.29 is 19.3 Å². The lowest BCUT2D eigenvalue weighted by Crippen LogP contribution is -2.28. The number of hydrogen-bond donors (Lipinski definition) is 0. The number of unbranched alkanes of at least 4 members (excludes halogenated alkanes) is 2.